The first-order valence-electron chi connectivity index (χ1n) is 9.62. The van der Waals surface area contributed by atoms with Gasteiger partial charge in [-0.25, -0.2) is 23.7 Å². The molecule has 9 nitrogen and oxygen atoms in total. The number of carbonyl (C=O) groups is 2. The fourth-order valence-electron chi connectivity index (χ4n) is 3.02. The van der Waals surface area contributed by atoms with E-state index >= 15 is 0 Å². The van der Waals surface area contributed by atoms with Crippen LogP contribution in [0.15, 0.2) is 75.6 Å². The molecular weight excluding hydrogens is 430 g/mol. The normalized spacial score (nSPS) is 10.8. The van der Waals surface area contributed by atoms with Crippen molar-refractivity contribution >= 4 is 35.0 Å². The van der Waals surface area contributed by atoms with Crippen molar-refractivity contribution in [3.8, 4) is 0 Å². The third-order valence-corrected chi connectivity index (χ3v) is 5.59. The molecule has 0 aliphatic carbocycles. The number of esters is 1. The Morgan fingerprint density at radius 3 is 2.62 bits per heavy atom. The zero-order valence-electron chi connectivity index (χ0n) is 17.3. The average molecular weight is 449 g/mol. The molecule has 0 fully saturated rings. The first-order chi connectivity index (χ1) is 15.5. The van der Waals surface area contributed by atoms with E-state index in [1.54, 1.807) is 24.3 Å². The predicted molar refractivity (Wildman–Crippen MR) is 119 cm³/mol. The first-order valence-corrected chi connectivity index (χ1v) is 10.4. The maximum atomic E-state index is 12.8. The third-order valence-electron chi connectivity index (χ3n) is 4.60. The van der Waals surface area contributed by atoms with Gasteiger partial charge in [-0.3, -0.25) is 4.79 Å². The summed E-state index contributed by atoms with van der Waals surface area (Å²) in [6, 6.07) is 14.4. The molecule has 32 heavy (non-hydrogen) atoms. The highest BCUT2D eigenvalue weighted by Gasteiger charge is 2.17. The molecule has 2 aromatic carbocycles. The van der Waals surface area contributed by atoms with E-state index < -0.39 is 17.6 Å². The van der Waals surface area contributed by atoms with Crippen LogP contribution in [0.4, 0.5) is 5.69 Å². The number of ether oxygens (including phenoxy) is 1. The van der Waals surface area contributed by atoms with Crippen molar-refractivity contribution in [3.63, 3.8) is 0 Å². The summed E-state index contributed by atoms with van der Waals surface area (Å²) in [5.74, 6) is -1.08. The largest absolute Gasteiger partial charge is 0.465 e. The Morgan fingerprint density at radius 1 is 1.12 bits per heavy atom. The summed E-state index contributed by atoms with van der Waals surface area (Å²) in [5.41, 5.74) is 1.53. The zero-order chi connectivity index (χ0) is 22.7. The number of aryl methyl sites for hydroxylation is 1. The summed E-state index contributed by atoms with van der Waals surface area (Å²) < 4.78 is 7.14. The van der Waals surface area contributed by atoms with Crippen LogP contribution in [0.25, 0.3) is 5.65 Å². The van der Waals surface area contributed by atoms with Crippen LogP contribution in [0, 0.1) is 6.92 Å². The van der Waals surface area contributed by atoms with Crippen LogP contribution in [0.5, 0.6) is 0 Å². The van der Waals surface area contributed by atoms with Crippen LogP contribution in [0.1, 0.15) is 15.9 Å². The molecule has 0 radical (unpaired) electrons. The SMILES string of the molecule is COC(=O)c1ccccc1NC(=O)Cn1nc2c(Sc3ccc(C)cc3)nccn2c1=O. The van der Waals surface area contributed by atoms with Crippen molar-refractivity contribution < 1.29 is 14.3 Å². The number of aromatic nitrogens is 4. The van der Waals surface area contributed by atoms with E-state index in [0.29, 0.717) is 16.4 Å². The number of amides is 1. The lowest BCUT2D eigenvalue weighted by Crippen LogP contribution is -2.28. The van der Waals surface area contributed by atoms with Crippen LogP contribution in [0.2, 0.25) is 0 Å². The lowest BCUT2D eigenvalue weighted by atomic mass is 10.2. The molecule has 0 spiro atoms. The van der Waals surface area contributed by atoms with Gasteiger partial charge in [0.2, 0.25) is 5.91 Å². The molecule has 1 N–H and O–H groups in total. The van der Waals surface area contributed by atoms with Crippen LogP contribution in [-0.4, -0.2) is 38.2 Å². The highest BCUT2D eigenvalue weighted by molar-refractivity contribution is 7.99. The highest BCUT2D eigenvalue weighted by atomic mass is 32.2. The standard InChI is InChI=1S/C22H19N5O4S/c1-14-7-9-15(10-8-14)32-20-19-25-27(22(30)26(19)12-11-23-20)13-18(28)24-17-6-4-3-5-16(17)21(29)31-2/h3-12H,13H2,1-2H3,(H,24,28). The van der Waals surface area contributed by atoms with Gasteiger partial charge in [0.05, 0.1) is 18.4 Å². The van der Waals surface area contributed by atoms with Gasteiger partial charge >= 0.3 is 11.7 Å². The number of rotatable bonds is 6. The fraction of sp³-hybridized carbons (Fsp3) is 0.136. The lowest BCUT2D eigenvalue weighted by Gasteiger charge is -2.09. The molecule has 0 aliphatic heterocycles. The van der Waals surface area contributed by atoms with Crippen molar-refractivity contribution in [2.75, 3.05) is 12.4 Å². The minimum atomic E-state index is -0.574. The van der Waals surface area contributed by atoms with Crippen molar-refractivity contribution in [2.45, 2.75) is 23.4 Å². The topological polar surface area (TPSA) is 108 Å². The van der Waals surface area contributed by atoms with Crippen LogP contribution < -0.4 is 11.0 Å². The van der Waals surface area contributed by atoms with E-state index in [0.717, 1.165) is 15.1 Å². The second-order valence-corrected chi connectivity index (χ2v) is 7.93. The van der Waals surface area contributed by atoms with Crippen molar-refractivity contribution in [2.24, 2.45) is 0 Å². The van der Waals surface area contributed by atoms with E-state index in [4.69, 9.17) is 4.74 Å². The van der Waals surface area contributed by atoms with Gasteiger partial charge in [0.1, 0.15) is 11.6 Å². The van der Waals surface area contributed by atoms with Gasteiger partial charge in [0.25, 0.3) is 0 Å². The highest BCUT2D eigenvalue weighted by Crippen LogP contribution is 2.28. The fourth-order valence-corrected chi connectivity index (χ4v) is 3.86. The summed E-state index contributed by atoms with van der Waals surface area (Å²) >= 11 is 1.38. The number of nitrogens with one attached hydrogen (secondary N) is 1. The summed E-state index contributed by atoms with van der Waals surface area (Å²) in [7, 11) is 1.26. The van der Waals surface area contributed by atoms with Gasteiger partial charge in [-0.2, -0.15) is 0 Å². The summed E-state index contributed by atoms with van der Waals surface area (Å²) in [4.78, 5) is 42.5. The Balaban J connectivity index is 1.58. The quantitative estimate of drug-likeness (QED) is 0.451. The molecule has 4 aromatic rings. The molecule has 0 aliphatic rings. The molecular formula is C22H19N5O4S. The minimum absolute atomic E-state index is 0.215. The Kier molecular flexibility index (Phi) is 6.04. The molecule has 0 atom stereocenters. The lowest BCUT2D eigenvalue weighted by molar-refractivity contribution is -0.117. The summed E-state index contributed by atoms with van der Waals surface area (Å²) in [6.45, 7) is 1.67. The molecule has 1 amide bonds. The maximum absolute atomic E-state index is 12.8. The Bertz CT molecular complexity index is 1360. The van der Waals surface area contributed by atoms with Crippen molar-refractivity contribution in [1.82, 2.24) is 19.2 Å². The number of hydrogen-bond donors (Lipinski definition) is 1. The minimum Gasteiger partial charge on any atom is -0.465 e. The summed E-state index contributed by atoms with van der Waals surface area (Å²) in [6.07, 6.45) is 3.02. The van der Waals surface area contributed by atoms with Crippen molar-refractivity contribution in [3.05, 3.63) is 82.5 Å². The molecule has 0 saturated carbocycles. The predicted octanol–water partition coefficient (Wildman–Crippen LogP) is 2.78. The Hall–Kier alpha value is -3.92. The van der Waals surface area contributed by atoms with Gasteiger partial charge in [-0.1, -0.05) is 41.6 Å². The Labute approximate surface area is 187 Å². The number of anilines is 1. The van der Waals surface area contributed by atoms with Gasteiger partial charge in [-0.15, -0.1) is 5.10 Å². The molecule has 10 heteroatoms. The van der Waals surface area contributed by atoms with E-state index in [1.165, 1.54) is 35.7 Å². The number of methoxy groups -OCH3 is 1. The second kappa shape index (κ2) is 9.06. The van der Waals surface area contributed by atoms with Crippen molar-refractivity contribution in [1.29, 1.82) is 0 Å². The van der Waals surface area contributed by atoms with Gasteiger partial charge in [-0.05, 0) is 31.2 Å². The molecule has 0 saturated heterocycles. The number of carbonyl (C=O) groups excluding carboxylic acids is 2. The number of para-hydroxylation sites is 1. The monoisotopic (exact) mass is 449 g/mol. The number of hydrogen-bond acceptors (Lipinski definition) is 7. The number of nitrogens with zero attached hydrogens (tertiary/aromatic N) is 4. The smallest absolute Gasteiger partial charge is 0.350 e. The average Bonchev–Trinajstić information content (AvgIpc) is 3.11. The molecule has 2 aromatic heterocycles. The van der Waals surface area contributed by atoms with Crippen LogP contribution in [0.3, 0.4) is 0 Å². The van der Waals surface area contributed by atoms with Crippen LogP contribution >= 0.6 is 11.8 Å². The van der Waals surface area contributed by atoms with Gasteiger partial charge < -0.3 is 10.1 Å². The van der Waals surface area contributed by atoms with Gasteiger partial charge in [0, 0.05) is 17.3 Å². The third kappa shape index (κ3) is 4.40. The Morgan fingerprint density at radius 2 is 1.88 bits per heavy atom. The molecule has 0 bridgehead atoms. The van der Waals surface area contributed by atoms with Gasteiger partial charge in [0.15, 0.2) is 5.65 Å². The number of fused-ring (bicyclic) bond motifs is 1. The van der Waals surface area contributed by atoms with E-state index in [2.05, 4.69) is 15.4 Å². The molecule has 2 heterocycles. The first kappa shape index (κ1) is 21.3. The zero-order valence-corrected chi connectivity index (χ0v) is 18.1. The molecule has 162 valence electrons. The second-order valence-electron chi connectivity index (χ2n) is 6.87. The van der Waals surface area contributed by atoms with E-state index in [9.17, 15) is 14.4 Å². The molecule has 0 unspecified atom stereocenters. The van der Waals surface area contributed by atoms with E-state index in [1.807, 2.05) is 31.2 Å². The van der Waals surface area contributed by atoms with Crippen LogP contribution in [-0.2, 0) is 16.1 Å². The summed E-state index contributed by atoms with van der Waals surface area (Å²) in [5, 5.41) is 7.49. The molecule has 4 rings (SSSR count). The number of benzene rings is 2. The maximum Gasteiger partial charge on any atom is 0.350 e. The van der Waals surface area contributed by atoms with E-state index in [-0.39, 0.29) is 12.1 Å².